The quantitative estimate of drug-likeness (QED) is 0.344. The number of allylic oxidation sites excluding steroid dienone is 1. The number of carbonyl (C=O) groups excluding carboxylic acids is 1. The lowest BCUT2D eigenvalue weighted by atomic mass is 9.94. The highest BCUT2D eigenvalue weighted by Crippen LogP contribution is 2.44. The van der Waals surface area contributed by atoms with Gasteiger partial charge in [0.15, 0.2) is 17.3 Å². The number of hydrogen-bond donors (Lipinski definition) is 2. The number of methoxy groups -OCH3 is 3. The van der Waals surface area contributed by atoms with Gasteiger partial charge in [-0.2, -0.15) is 4.98 Å². The average Bonchev–Trinajstić information content (AvgIpc) is 3.35. The minimum absolute atomic E-state index is 0.331. The molecule has 1 atom stereocenters. The van der Waals surface area contributed by atoms with Crippen molar-refractivity contribution in [2.45, 2.75) is 13.0 Å². The van der Waals surface area contributed by atoms with Crippen LogP contribution in [0.5, 0.6) is 17.2 Å². The molecule has 194 valence electrons. The van der Waals surface area contributed by atoms with E-state index in [0.717, 1.165) is 0 Å². The minimum atomic E-state index is -0.694. The van der Waals surface area contributed by atoms with Crippen molar-refractivity contribution in [3.05, 3.63) is 82.8 Å². The van der Waals surface area contributed by atoms with Crippen LogP contribution in [0.15, 0.2) is 72.2 Å². The van der Waals surface area contributed by atoms with Gasteiger partial charge in [0.25, 0.3) is 5.91 Å². The van der Waals surface area contributed by atoms with Gasteiger partial charge in [0.05, 0.1) is 43.8 Å². The first kappa shape index (κ1) is 25.1. The summed E-state index contributed by atoms with van der Waals surface area (Å²) in [5.41, 5.74) is 2.93. The number of ether oxygens (including phenoxy) is 3. The van der Waals surface area contributed by atoms with Gasteiger partial charge in [-0.05, 0) is 48.9 Å². The van der Waals surface area contributed by atoms with Gasteiger partial charge in [0.2, 0.25) is 11.7 Å². The summed E-state index contributed by atoms with van der Waals surface area (Å²) >= 11 is 6.45. The van der Waals surface area contributed by atoms with Crippen molar-refractivity contribution in [3.8, 4) is 28.6 Å². The molecule has 5 rings (SSSR count). The van der Waals surface area contributed by atoms with Gasteiger partial charge in [0, 0.05) is 17.5 Å². The molecule has 3 heterocycles. The molecule has 2 aromatic heterocycles. The third-order valence-corrected chi connectivity index (χ3v) is 6.46. The summed E-state index contributed by atoms with van der Waals surface area (Å²) in [6, 6.07) is 13.7. The molecular formula is C27H25ClN6O4. The summed E-state index contributed by atoms with van der Waals surface area (Å²) in [7, 11) is 4.61. The number of nitrogens with zero attached hydrogens (tertiary/aromatic N) is 4. The molecule has 4 aromatic rings. The largest absolute Gasteiger partial charge is 0.493 e. The predicted molar refractivity (Wildman–Crippen MR) is 144 cm³/mol. The Morgan fingerprint density at radius 1 is 1.05 bits per heavy atom. The van der Waals surface area contributed by atoms with Crippen molar-refractivity contribution in [1.82, 2.24) is 19.7 Å². The second kappa shape index (κ2) is 10.4. The number of aromatic nitrogens is 4. The van der Waals surface area contributed by atoms with Crippen molar-refractivity contribution in [1.29, 1.82) is 0 Å². The minimum Gasteiger partial charge on any atom is -0.493 e. The van der Waals surface area contributed by atoms with Crippen LogP contribution in [0.3, 0.4) is 0 Å². The summed E-state index contributed by atoms with van der Waals surface area (Å²) < 4.78 is 18.4. The maximum Gasteiger partial charge on any atom is 0.255 e. The van der Waals surface area contributed by atoms with Crippen LogP contribution in [0.1, 0.15) is 18.5 Å². The van der Waals surface area contributed by atoms with Crippen LogP contribution in [-0.4, -0.2) is 47.0 Å². The molecule has 0 spiro atoms. The van der Waals surface area contributed by atoms with Crippen LogP contribution in [0, 0.1) is 0 Å². The lowest BCUT2D eigenvalue weighted by molar-refractivity contribution is -0.113. The Kier molecular flexibility index (Phi) is 6.89. The first-order valence-electron chi connectivity index (χ1n) is 11.7. The Morgan fingerprint density at radius 2 is 1.79 bits per heavy atom. The molecule has 0 radical (unpaired) electrons. The number of amides is 1. The molecular weight excluding hydrogens is 508 g/mol. The Hall–Kier alpha value is -4.57. The van der Waals surface area contributed by atoms with E-state index in [1.807, 2.05) is 25.1 Å². The molecule has 0 fully saturated rings. The monoisotopic (exact) mass is 532 g/mol. The van der Waals surface area contributed by atoms with Gasteiger partial charge < -0.3 is 24.8 Å². The van der Waals surface area contributed by atoms with Crippen LogP contribution in [0.4, 0.5) is 11.6 Å². The summed E-state index contributed by atoms with van der Waals surface area (Å²) in [5, 5.41) is 11.5. The Morgan fingerprint density at radius 3 is 2.42 bits per heavy atom. The topological polar surface area (TPSA) is 112 Å². The Balaban J connectivity index is 1.69. The molecule has 0 saturated heterocycles. The van der Waals surface area contributed by atoms with Gasteiger partial charge >= 0.3 is 0 Å². The molecule has 0 bridgehead atoms. The summed E-state index contributed by atoms with van der Waals surface area (Å²) in [6.45, 7) is 1.82. The molecule has 0 saturated carbocycles. The van der Waals surface area contributed by atoms with Gasteiger partial charge in [-0.25, -0.2) is 4.68 Å². The van der Waals surface area contributed by atoms with Crippen LogP contribution < -0.4 is 24.8 Å². The molecule has 1 unspecified atom stereocenters. The predicted octanol–water partition coefficient (Wildman–Crippen LogP) is 4.95. The normalized spacial score (nSPS) is 14.4. The van der Waals surface area contributed by atoms with E-state index >= 15 is 0 Å². The molecule has 1 aliphatic heterocycles. The van der Waals surface area contributed by atoms with Gasteiger partial charge in [-0.1, -0.05) is 23.7 Å². The van der Waals surface area contributed by atoms with Crippen molar-refractivity contribution < 1.29 is 19.0 Å². The van der Waals surface area contributed by atoms with E-state index < -0.39 is 6.04 Å². The number of carbonyl (C=O) groups is 1. The number of pyridine rings is 1. The fourth-order valence-electron chi connectivity index (χ4n) is 4.40. The third-order valence-electron chi connectivity index (χ3n) is 6.13. The molecule has 1 amide bonds. The van der Waals surface area contributed by atoms with Crippen molar-refractivity contribution >= 4 is 29.1 Å². The highest BCUT2D eigenvalue weighted by atomic mass is 35.5. The fourth-order valence-corrected chi connectivity index (χ4v) is 4.62. The second-order valence-electron chi connectivity index (χ2n) is 8.40. The number of hydrogen-bond acceptors (Lipinski definition) is 8. The maximum absolute atomic E-state index is 13.7. The second-order valence-corrected chi connectivity index (χ2v) is 8.81. The molecule has 2 aromatic carbocycles. The van der Waals surface area contributed by atoms with Crippen LogP contribution >= 0.6 is 11.6 Å². The highest BCUT2D eigenvalue weighted by molar-refractivity contribution is 6.33. The summed E-state index contributed by atoms with van der Waals surface area (Å²) in [5.74, 6) is 1.86. The van der Waals surface area contributed by atoms with E-state index in [0.29, 0.717) is 62.1 Å². The first-order valence-corrected chi connectivity index (χ1v) is 12.0. The van der Waals surface area contributed by atoms with E-state index in [1.165, 1.54) is 21.3 Å². The maximum atomic E-state index is 13.7. The van der Waals surface area contributed by atoms with E-state index in [2.05, 4.69) is 15.6 Å². The SMILES string of the molecule is COc1cc(C2C(C(=O)Nc3cccnc3)=C(C)Nc3nc(-c4ccccc4Cl)nn32)cc(OC)c1OC. The van der Waals surface area contributed by atoms with Crippen LogP contribution in [-0.2, 0) is 4.79 Å². The van der Waals surface area contributed by atoms with Gasteiger partial charge in [-0.15, -0.1) is 5.10 Å². The highest BCUT2D eigenvalue weighted by Gasteiger charge is 2.36. The number of halogens is 1. The molecule has 10 nitrogen and oxygen atoms in total. The first-order chi connectivity index (χ1) is 18.4. The van der Waals surface area contributed by atoms with E-state index in [-0.39, 0.29) is 5.91 Å². The molecule has 38 heavy (non-hydrogen) atoms. The number of nitrogens with one attached hydrogen (secondary N) is 2. The third kappa shape index (κ3) is 4.50. The van der Waals surface area contributed by atoms with E-state index in [9.17, 15) is 4.79 Å². The van der Waals surface area contributed by atoms with Crippen LogP contribution in [0.2, 0.25) is 5.02 Å². The van der Waals surface area contributed by atoms with E-state index in [1.54, 1.807) is 47.4 Å². The van der Waals surface area contributed by atoms with Gasteiger partial charge in [-0.3, -0.25) is 9.78 Å². The van der Waals surface area contributed by atoms with Crippen LogP contribution in [0.25, 0.3) is 11.4 Å². The smallest absolute Gasteiger partial charge is 0.255 e. The lowest BCUT2D eigenvalue weighted by Crippen LogP contribution is -2.31. The van der Waals surface area contributed by atoms with Crippen molar-refractivity contribution in [2.75, 3.05) is 32.0 Å². The number of anilines is 2. The van der Waals surface area contributed by atoms with Crippen molar-refractivity contribution in [2.24, 2.45) is 0 Å². The Bertz CT molecular complexity index is 1510. The zero-order valence-corrected chi connectivity index (χ0v) is 21.9. The molecule has 1 aliphatic rings. The van der Waals surface area contributed by atoms with E-state index in [4.69, 9.17) is 35.9 Å². The van der Waals surface area contributed by atoms with Crippen molar-refractivity contribution in [3.63, 3.8) is 0 Å². The molecule has 11 heteroatoms. The lowest BCUT2D eigenvalue weighted by Gasteiger charge is -2.29. The number of rotatable bonds is 7. The van der Waals surface area contributed by atoms with Gasteiger partial charge in [0.1, 0.15) is 6.04 Å². The Labute approximate surface area is 224 Å². The zero-order valence-electron chi connectivity index (χ0n) is 21.2. The molecule has 2 N–H and O–H groups in total. The number of fused-ring (bicyclic) bond motifs is 1. The standard InChI is InChI=1S/C27H25ClN6O4/c1-15-22(26(35)31-17-8-7-11-29-14-17)23(16-12-20(36-2)24(38-4)21(13-16)37-3)34-27(30-15)32-25(33-34)18-9-5-6-10-19(18)28/h5-14,23H,1-4H3,(H,31,35)(H,30,32,33). The molecule has 0 aliphatic carbocycles. The average molecular weight is 533 g/mol. The number of benzene rings is 2. The zero-order chi connectivity index (χ0) is 26.8. The fraction of sp³-hybridized carbons (Fsp3) is 0.185. The summed E-state index contributed by atoms with van der Waals surface area (Å²) in [6.07, 6.45) is 3.22. The summed E-state index contributed by atoms with van der Waals surface area (Å²) in [4.78, 5) is 22.5.